The van der Waals surface area contributed by atoms with Crippen molar-refractivity contribution >= 4 is 69.5 Å². The van der Waals surface area contributed by atoms with E-state index in [1.54, 1.807) is 31.2 Å². The number of hydrogen-bond donors (Lipinski definition) is 7. The zero-order valence-electron chi connectivity index (χ0n) is 22.2. The fourth-order valence-corrected chi connectivity index (χ4v) is 3.59. The molecule has 2 heterocycles. The number of aliphatic hydroxyl groups is 1. The maximum Gasteiger partial charge on any atom is 0.266 e. The van der Waals surface area contributed by atoms with Crippen molar-refractivity contribution in [1.82, 2.24) is 29.9 Å². The highest BCUT2D eigenvalue weighted by Crippen LogP contribution is 2.22. The Morgan fingerprint density at radius 2 is 1.62 bits per heavy atom. The fourth-order valence-electron chi connectivity index (χ4n) is 3.00. The second kappa shape index (κ2) is 17.2. The lowest BCUT2D eigenvalue weighted by molar-refractivity contribution is -0.432. The van der Waals surface area contributed by atoms with Gasteiger partial charge in [0.25, 0.3) is 16.1 Å². The van der Waals surface area contributed by atoms with Crippen molar-refractivity contribution in [3.05, 3.63) is 30.1 Å². The van der Waals surface area contributed by atoms with Crippen molar-refractivity contribution < 1.29 is 37.4 Å². The van der Waals surface area contributed by atoms with Crippen LogP contribution in [0.25, 0.3) is 0 Å². The summed E-state index contributed by atoms with van der Waals surface area (Å²) in [5, 5.41) is 32.3. The Morgan fingerprint density at radius 3 is 2.29 bits per heavy atom. The Kier molecular flexibility index (Phi) is 13.4. The molecule has 0 atom stereocenters. The van der Waals surface area contributed by atoms with Crippen LogP contribution in [0.4, 0.5) is 41.1 Å². The quantitative estimate of drug-likeness (QED) is 0.0247. The zero-order valence-corrected chi connectivity index (χ0v) is 23.8. The summed E-state index contributed by atoms with van der Waals surface area (Å²) in [4.78, 5) is 29.6. The molecule has 3 rings (SSSR count). The molecule has 3 aromatic rings. The van der Waals surface area contributed by atoms with E-state index in [1.165, 1.54) is 6.21 Å². The summed E-state index contributed by atoms with van der Waals surface area (Å²) in [6, 6.07) is 7.06. The van der Waals surface area contributed by atoms with Gasteiger partial charge in [0.15, 0.2) is 0 Å². The monoisotopic (exact) mass is 627 g/mol. The van der Waals surface area contributed by atoms with Crippen molar-refractivity contribution in [2.75, 3.05) is 65.7 Å². The SMILES string of the molecule is Cc1nc(N=CCSOOO)nc(Nc2cccc(Nc3nc(NCCOCCO)nc(NCCS(=O)(=O)O)n3)c2)n1. The lowest BCUT2D eigenvalue weighted by Gasteiger charge is -2.12. The number of aliphatic imine (C=N–C) groups is 1. The first-order valence-electron chi connectivity index (χ1n) is 12.1. The van der Waals surface area contributed by atoms with Crippen molar-refractivity contribution in [2.24, 2.45) is 4.99 Å². The van der Waals surface area contributed by atoms with Crippen molar-refractivity contribution in [1.29, 1.82) is 0 Å². The van der Waals surface area contributed by atoms with Crippen LogP contribution < -0.4 is 21.3 Å². The minimum absolute atomic E-state index is 0.0619. The lowest BCUT2D eigenvalue weighted by atomic mass is 10.3. The lowest BCUT2D eigenvalue weighted by Crippen LogP contribution is -2.18. The first kappa shape index (κ1) is 32.7. The van der Waals surface area contributed by atoms with Gasteiger partial charge in [-0.2, -0.15) is 38.3 Å². The number of anilines is 6. The van der Waals surface area contributed by atoms with Gasteiger partial charge in [0.2, 0.25) is 23.8 Å². The molecule has 228 valence electrons. The molecule has 0 aliphatic heterocycles. The van der Waals surface area contributed by atoms with Crippen molar-refractivity contribution in [3.8, 4) is 0 Å². The Bertz CT molecular complexity index is 1420. The summed E-state index contributed by atoms with van der Waals surface area (Å²) in [7, 11) is -4.18. The number of aromatic nitrogens is 6. The molecule has 0 bridgehead atoms. The Balaban J connectivity index is 1.72. The molecular weight excluding hydrogens is 598 g/mol. The van der Waals surface area contributed by atoms with Gasteiger partial charge in [-0.25, -0.2) is 10.2 Å². The number of rotatable bonds is 19. The maximum absolute atomic E-state index is 11.1. The van der Waals surface area contributed by atoms with Crippen LogP contribution in [0.2, 0.25) is 0 Å². The summed E-state index contributed by atoms with van der Waals surface area (Å²) in [6.07, 6.45) is 1.47. The van der Waals surface area contributed by atoms with Crippen LogP contribution in [0.3, 0.4) is 0 Å². The van der Waals surface area contributed by atoms with E-state index in [1.807, 2.05) is 0 Å². The number of benzene rings is 1. The van der Waals surface area contributed by atoms with Gasteiger partial charge in [0.1, 0.15) is 5.82 Å². The molecular formula is C21H29N11O8S2. The zero-order chi connectivity index (χ0) is 30.2. The highest BCUT2D eigenvalue weighted by molar-refractivity contribution is 7.95. The first-order valence-corrected chi connectivity index (χ1v) is 14.6. The minimum Gasteiger partial charge on any atom is -0.394 e. The van der Waals surface area contributed by atoms with Crippen LogP contribution in [0.1, 0.15) is 5.82 Å². The predicted molar refractivity (Wildman–Crippen MR) is 154 cm³/mol. The van der Waals surface area contributed by atoms with Gasteiger partial charge in [-0.3, -0.25) is 4.55 Å². The second-order valence-electron chi connectivity index (χ2n) is 7.86. The predicted octanol–water partition coefficient (Wildman–Crippen LogP) is 1.34. The highest BCUT2D eigenvalue weighted by Gasteiger charge is 2.10. The third-order valence-electron chi connectivity index (χ3n) is 4.58. The third-order valence-corrected chi connectivity index (χ3v) is 5.74. The molecule has 0 aliphatic carbocycles. The summed E-state index contributed by atoms with van der Waals surface area (Å²) < 4.78 is 40.6. The first-order chi connectivity index (χ1) is 20.2. The van der Waals surface area contributed by atoms with E-state index in [2.05, 4.69) is 65.5 Å². The third kappa shape index (κ3) is 12.8. The molecule has 0 fully saturated rings. The van der Waals surface area contributed by atoms with E-state index in [-0.39, 0.29) is 61.9 Å². The molecule has 0 saturated carbocycles. The molecule has 7 N–H and O–H groups in total. The number of ether oxygens (including phenoxy) is 1. The number of nitrogens with zero attached hydrogens (tertiary/aromatic N) is 7. The van der Waals surface area contributed by atoms with Crippen LogP contribution in [0.15, 0.2) is 29.3 Å². The average Bonchev–Trinajstić information content (AvgIpc) is 2.92. The minimum atomic E-state index is -4.18. The largest absolute Gasteiger partial charge is 0.394 e. The molecule has 2 aromatic heterocycles. The average molecular weight is 628 g/mol. The van der Waals surface area contributed by atoms with Gasteiger partial charge in [0.05, 0.1) is 31.3 Å². The Labute approximate surface area is 244 Å². The molecule has 0 saturated heterocycles. The van der Waals surface area contributed by atoms with Crippen molar-refractivity contribution in [2.45, 2.75) is 6.92 Å². The van der Waals surface area contributed by atoms with Gasteiger partial charge in [-0.05, 0) is 25.1 Å². The Hall–Kier alpha value is -3.83. The molecule has 19 nitrogen and oxygen atoms in total. The van der Waals surface area contributed by atoms with E-state index in [0.29, 0.717) is 23.7 Å². The highest BCUT2D eigenvalue weighted by atomic mass is 32.2. The topological polar surface area (TPSA) is 260 Å². The summed E-state index contributed by atoms with van der Waals surface area (Å²) in [5.41, 5.74) is 1.20. The van der Waals surface area contributed by atoms with Crippen LogP contribution in [-0.4, -0.2) is 104 Å². The molecule has 0 radical (unpaired) electrons. The number of nitrogens with one attached hydrogen (secondary N) is 4. The fraction of sp³-hybridized carbons (Fsp3) is 0.381. The summed E-state index contributed by atoms with van der Waals surface area (Å²) in [6.45, 7) is 2.25. The van der Waals surface area contributed by atoms with Crippen LogP contribution in [0.5, 0.6) is 0 Å². The molecule has 0 spiro atoms. The van der Waals surface area contributed by atoms with Gasteiger partial charge in [-0.15, -0.1) is 4.33 Å². The van der Waals surface area contributed by atoms with E-state index < -0.39 is 15.9 Å². The molecule has 0 amide bonds. The maximum atomic E-state index is 11.1. The van der Waals surface area contributed by atoms with E-state index in [9.17, 15) is 8.42 Å². The second-order valence-corrected chi connectivity index (χ2v) is 10.1. The number of aliphatic hydroxyl groups excluding tert-OH is 1. The summed E-state index contributed by atoms with van der Waals surface area (Å²) >= 11 is 0.813. The molecule has 0 aliphatic rings. The standard InChI is InChI=1S/C21H29N11O8S2/c1-14-25-17(23-6-11-41-40-39-34)30-20(26-14)27-15-3-2-4-16(13-15)28-21-31-18(22-5-9-38-10-8-33)29-19(32-21)24-7-12-42(35,36)37/h2-4,6,13,33-34H,5,7-12H2,1H3,(H,35,36,37)(H,25,26,27,30)(H3,22,24,28,29,31,32). The van der Waals surface area contributed by atoms with Gasteiger partial charge < -0.3 is 31.1 Å². The van der Waals surface area contributed by atoms with Crippen LogP contribution in [-0.2, 0) is 24.2 Å². The molecule has 0 unspecified atom stereocenters. The van der Waals surface area contributed by atoms with Crippen LogP contribution >= 0.6 is 12.0 Å². The van der Waals surface area contributed by atoms with Gasteiger partial charge in [-0.1, -0.05) is 11.1 Å². The number of aryl methyl sites for hydroxylation is 1. The molecule has 1 aromatic carbocycles. The van der Waals surface area contributed by atoms with Gasteiger partial charge in [0, 0.05) is 42.7 Å². The molecule has 21 heteroatoms. The smallest absolute Gasteiger partial charge is 0.266 e. The van der Waals surface area contributed by atoms with E-state index in [4.69, 9.17) is 19.7 Å². The normalized spacial score (nSPS) is 11.5. The molecule has 42 heavy (non-hydrogen) atoms. The van der Waals surface area contributed by atoms with E-state index >= 15 is 0 Å². The number of hydrogen-bond acceptors (Lipinski definition) is 19. The van der Waals surface area contributed by atoms with Gasteiger partial charge >= 0.3 is 0 Å². The Morgan fingerprint density at radius 1 is 0.952 bits per heavy atom. The summed E-state index contributed by atoms with van der Waals surface area (Å²) in [5.74, 6) is 0.932. The van der Waals surface area contributed by atoms with Crippen molar-refractivity contribution in [3.63, 3.8) is 0 Å². The van der Waals surface area contributed by atoms with Crippen LogP contribution in [0, 0.1) is 6.92 Å². The van der Waals surface area contributed by atoms with E-state index in [0.717, 1.165) is 12.0 Å².